The standard InChI is InChI=1S/C20H17Cl2N3O3S/c21-18-8-7-17(13-19(18)22)29(27,28)25-16-6-3-4-14(12-16)20(26)24-11-9-15-5-1-2-10-23-15/h1-8,10,12-13,25H,9,11H2,(H,24,26). The van der Waals surface area contributed by atoms with Crippen LogP contribution in [0, 0.1) is 0 Å². The molecule has 0 radical (unpaired) electrons. The molecule has 0 saturated carbocycles. The summed E-state index contributed by atoms with van der Waals surface area (Å²) in [6.07, 6.45) is 2.29. The van der Waals surface area contributed by atoms with Gasteiger partial charge in [-0.25, -0.2) is 8.42 Å². The lowest BCUT2D eigenvalue weighted by atomic mass is 10.2. The zero-order valence-electron chi connectivity index (χ0n) is 15.1. The Bertz CT molecular complexity index is 1120. The second kappa shape index (κ2) is 9.26. The van der Waals surface area contributed by atoms with E-state index < -0.39 is 10.0 Å². The minimum Gasteiger partial charge on any atom is -0.352 e. The van der Waals surface area contributed by atoms with Gasteiger partial charge in [0, 0.05) is 36.1 Å². The van der Waals surface area contributed by atoms with E-state index in [0.29, 0.717) is 18.5 Å². The maximum atomic E-state index is 12.6. The molecule has 0 aliphatic rings. The topological polar surface area (TPSA) is 88.2 Å². The van der Waals surface area contributed by atoms with Gasteiger partial charge in [-0.2, -0.15) is 0 Å². The number of hydrogen-bond donors (Lipinski definition) is 2. The summed E-state index contributed by atoms with van der Waals surface area (Å²) in [5.41, 5.74) is 1.46. The molecule has 0 aliphatic heterocycles. The van der Waals surface area contributed by atoms with Gasteiger partial charge in [-0.3, -0.25) is 14.5 Å². The molecule has 0 bridgehead atoms. The van der Waals surface area contributed by atoms with Crippen molar-refractivity contribution in [3.63, 3.8) is 0 Å². The lowest BCUT2D eigenvalue weighted by molar-refractivity contribution is 0.0954. The van der Waals surface area contributed by atoms with Crippen molar-refractivity contribution in [3.8, 4) is 0 Å². The molecule has 0 spiro atoms. The molecule has 0 unspecified atom stereocenters. The summed E-state index contributed by atoms with van der Waals surface area (Å²) < 4.78 is 27.5. The fraction of sp³-hybridized carbons (Fsp3) is 0.100. The van der Waals surface area contributed by atoms with Crippen LogP contribution in [0.4, 0.5) is 5.69 Å². The van der Waals surface area contributed by atoms with E-state index in [9.17, 15) is 13.2 Å². The number of pyridine rings is 1. The third-order valence-electron chi connectivity index (χ3n) is 3.97. The van der Waals surface area contributed by atoms with Crippen molar-refractivity contribution in [2.45, 2.75) is 11.3 Å². The molecule has 3 aromatic rings. The maximum Gasteiger partial charge on any atom is 0.261 e. The van der Waals surface area contributed by atoms with Crippen LogP contribution in [0.25, 0.3) is 0 Å². The monoisotopic (exact) mass is 449 g/mol. The molecule has 2 aromatic carbocycles. The predicted molar refractivity (Wildman–Crippen MR) is 114 cm³/mol. The molecular formula is C20H17Cl2N3O3S. The Morgan fingerprint density at radius 1 is 0.966 bits per heavy atom. The summed E-state index contributed by atoms with van der Waals surface area (Å²) >= 11 is 11.7. The van der Waals surface area contributed by atoms with Crippen LogP contribution in [-0.2, 0) is 16.4 Å². The van der Waals surface area contributed by atoms with Gasteiger partial charge >= 0.3 is 0 Å². The van der Waals surface area contributed by atoms with Gasteiger partial charge in [-0.1, -0.05) is 35.3 Å². The second-order valence-corrected chi connectivity index (χ2v) is 8.59. The van der Waals surface area contributed by atoms with Crippen molar-refractivity contribution in [1.29, 1.82) is 0 Å². The van der Waals surface area contributed by atoms with Crippen LogP contribution in [0.15, 0.2) is 71.8 Å². The second-order valence-electron chi connectivity index (χ2n) is 6.09. The average Bonchev–Trinajstić information content (AvgIpc) is 2.70. The van der Waals surface area contributed by atoms with Gasteiger partial charge in [0.05, 0.1) is 14.9 Å². The third-order valence-corrected chi connectivity index (χ3v) is 6.09. The van der Waals surface area contributed by atoms with Crippen LogP contribution < -0.4 is 10.0 Å². The number of anilines is 1. The molecule has 0 atom stereocenters. The number of amides is 1. The lowest BCUT2D eigenvalue weighted by Gasteiger charge is -2.10. The Balaban J connectivity index is 1.66. The molecule has 0 aliphatic carbocycles. The van der Waals surface area contributed by atoms with Crippen molar-refractivity contribution in [1.82, 2.24) is 10.3 Å². The Hall–Kier alpha value is -2.61. The van der Waals surface area contributed by atoms with Gasteiger partial charge in [0.15, 0.2) is 0 Å². The van der Waals surface area contributed by atoms with E-state index in [4.69, 9.17) is 23.2 Å². The summed E-state index contributed by atoms with van der Waals surface area (Å²) in [7, 11) is -3.88. The first-order chi connectivity index (χ1) is 13.8. The number of sulfonamides is 1. The van der Waals surface area contributed by atoms with Crippen LogP contribution in [0.2, 0.25) is 10.0 Å². The van der Waals surface area contributed by atoms with E-state index in [1.807, 2.05) is 18.2 Å². The zero-order valence-corrected chi connectivity index (χ0v) is 17.4. The van der Waals surface area contributed by atoms with E-state index in [1.165, 1.54) is 24.3 Å². The number of nitrogens with zero attached hydrogens (tertiary/aromatic N) is 1. The number of carbonyl (C=O) groups is 1. The van der Waals surface area contributed by atoms with Crippen molar-refractivity contribution in [2.75, 3.05) is 11.3 Å². The van der Waals surface area contributed by atoms with E-state index in [-0.39, 0.29) is 26.5 Å². The number of halogens is 2. The van der Waals surface area contributed by atoms with Gasteiger partial charge in [0.25, 0.3) is 15.9 Å². The highest BCUT2D eigenvalue weighted by Crippen LogP contribution is 2.26. The molecule has 1 heterocycles. The van der Waals surface area contributed by atoms with Crippen molar-refractivity contribution in [2.24, 2.45) is 0 Å². The van der Waals surface area contributed by atoms with Gasteiger partial charge < -0.3 is 5.32 Å². The number of carbonyl (C=O) groups excluding carboxylic acids is 1. The fourth-order valence-corrected chi connectivity index (χ4v) is 3.97. The van der Waals surface area contributed by atoms with E-state index in [0.717, 1.165) is 5.69 Å². The van der Waals surface area contributed by atoms with Gasteiger partial charge in [0.1, 0.15) is 0 Å². The summed E-state index contributed by atoms with van der Waals surface area (Å²) in [6, 6.07) is 15.8. The van der Waals surface area contributed by atoms with Crippen molar-refractivity contribution >= 4 is 44.8 Å². The van der Waals surface area contributed by atoms with Crippen LogP contribution in [0.1, 0.15) is 16.1 Å². The Labute approximate surface area is 178 Å². The highest BCUT2D eigenvalue weighted by molar-refractivity contribution is 7.92. The first-order valence-electron chi connectivity index (χ1n) is 8.61. The molecule has 150 valence electrons. The molecule has 2 N–H and O–H groups in total. The third kappa shape index (κ3) is 5.69. The molecule has 1 amide bonds. The van der Waals surface area contributed by atoms with Crippen molar-refractivity contribution < 1.29 is 13.2 Å². The molecule has 9 heteroatoms. The van der Waals surface area contributed by atoms with Crippen LogP contribution in [-0.4, -0.2) is 25.9 Å². The first kappa shape index (κ1) is 21.1. The summed E-state index contributed by atoms with van der Waals surface area (Å²) in [6.45, 7) is 0.412. The number of aromatic nitrogens is 1. The molecular weight excluding hydrogens is 433 g/mol. The SMILES string of the molecule is O=C(NCCc1ccccn1)c1cccc(NS(=O)(=O)c2ccc(Cl)c(Cl)c2)c1. The van der Waals surface area contributed by atoms with Crippen LogP contribution in [0.5, 0.6) is 0 Å². The summed E-state index contributed by atoms with van der Waals surface area (Å²) in [4.78, 5) is 16.5. The Morgan fingerprint density at radius 2 is 1.79 bits per heavy atom. The minimum absolute atomic E-state index is 0.0304. The number of hydrogen-bond acceptors (Lipinski definition) is 4. The molecule has 6 nitrogen and oxygen atoms in total. The lowest BCUT2D eigenvalue weighted by Crippen LogP contribution is -2.26. The van der Waals surface area contributed by atoms with Gasteiger partial charge in [-0.05, 0) is 48.5 Å². The quantitative estimate of drug-likeness (QED) is 0.566. The summed E-state index contributed by atoms with van der Waals surface area (Å²) in [5, 5.41) is 3.19. The highest BCUT2D eigenvalue weighted by Gasteiger charge is 2.16. The van der Waals surface area contributed by atoms with Gasteiger partial charge in [0.2, 0.25) is 0 Å². The molecule has 1 aromatic heterocycles. The predicted octanol–water partition coefficient (Wildman–Crippen LogP) is 4.16. The minimum atomic E-state index is -3.88. The average molecular weight is 450 g/mol. The number of nitrogens with one attached hydrogen (secondary N) is 2. The van der Waals surface area contributed by atoms with Crippen LogP contribution in [0.3, 0.4) is 0 Å². The summed E-state index contributed by atoms with van der Waals surface area (Å²) in [5.74, 6) is -0.309. The largest absolute Gasteiger partial charge is 0.352 e. The van der Waals surface area contributed by atoms with E-state index in [2.05, 4.69) is 15.0 Å². The Kier molecular flexibility index (Phi) is 6.74. The van der Waals surface area contributed by atoms with Crippen molar-refractivity contribution in [3.05, 3.63) is 88.2 Å². The molecule has 29 heavy (non-hydrogen) atoms. The molecule has 0 fully saturated rings. The van der Waals surface area contributed by atoms with Crippen LogP contribution >= 0.6 is 23.2 Å². The Morgan fingerprint density at radius 3 is 2.52 bits per heavy atom. The number of rotatable bonds is 7. The van der Waals surface area contributed by atoms with E-state index in [1.54, 1.807) is 24.4 Å². The smallest absolute Gasteiger partial charge is 0.261 e. The normalized spacial score (nSPS) is 11.1. The molecule has 0 saturated heterocycles. The van der Waals surface area contributed by atoms with E-state index >= 15 is 0 Å². The maximum absolute atomic E-state index is 12.6. The zero-order chi connectivity index (χ0) is 20.9. The highest BCUT2D eigenvalue weighted by atomic mass is 35.5. The van der Waals surface area contributed by atoms with Gasteiger partial charge in [-0.15, -0.1) is 0 Å². The fourth-order valence-electron chi connectivity index (χ4n) is 2.53. The number of benzene rings is 2. The molecule has 3 rings (SSSR count). The first-order valence-corrected chi connectivity index (χ1v) is 10.8.